The van der Waals surface area contributed by atoms with Crippen LogP contribution in [0, 0.1) is 16.0 Å². The van der Waals surface area contributed by atoms with Crippen LogP contribution in [0.4, 0.5) is 11.4 Å². The Bertz CT molecular complexity index is 416. The molecule has 1 aromatic rings. The molecular weight excluding hydrogens is 228 g/mol. The minimum Gasteiger partial charge on any atom is -0.382 e. The lowest BCUT2D eigenvalue weighted by Gasteiger charge is -2.34. The molecule has 1 fully saturated rings. The predicted molar refractivity (Wildman–Crippen MR) is 63.9 cm³/mol. The van der Waals surface area contributed by atoms with E-state index in [1.54, 1.807) is 12.1 Å². The predicted octanol–water partition coefficient (Wildman–Crippen LogP) is 3.46. The van der Waals surface area contributed by atoms with Gasteiger partial charge in [0.25, 0.3) is 5.69 Å². The molecule has 1 aliphatic rings. The fourth-order valence-corrected chi connectivity index (χ4v) is 2.25. The number of halogens is 1. The van der Waals surface area contributed by atoms with Crippen molar-refractivity contribution >= 4 is 23.0 Å². The quantitative estimate of drug-likeness (QED) is 0.650. The lowest BCUT2D eigenvalue weighted by molar-refractivity contribution is -0.384. The van der Waals surface area contributed by atoms with Gasteiger partial charge in [-0.25, -0.2) is 0 Å². The first-order valence-corrected chi connectivity index (χ1v) is 5.64. The molecule has 0 radical (unpaired) electrons. The van der Waals surface area contributed by atoms with E-state index in [9.17, 15) is 10.1 Å². The molecule has 1 aromatic carbocycles. The molecule has 1 aliphatic carbocycles. The molecule has 0 spiro atoms. The fraction of sp³-hybridized carbons (Fsp3) is 0.455. The van der Waals surface area contributed by atoms with Gasteiger partial charge in [0, 0.05) is 17.8 Å². The van der Waals surface area contributed by atoms with Crippen LogP contribution < -0.4 is 5.32 Å². The number of nitrogens with one attached hydrogen (secondary N) is 1. The van der Waals surface area contributed by atoms with Gasteiger partial charge in [0.1, 0.15) is 5.02 Å². The van der Waals surface area contributed by atoms with Crippen molar-refractivity contribution in [1.82, 2.24) is 0 Å². The lowest BCUT2D eigenvalue weighted by Crippen LogP contribution is -2.33. The van der Waals surface area contributed by atoms with Crippen LogP contribution in [0.3, 0.4) is 0 Å². The number of nitro benzene ring substituents is 1. The van der Waals surface area contributed by atoms with Gasteiger partial charge in [0.2, 0.25) is 0 Å². The largest absolute Gasteiger partial charge is 0.382 e. The molecule has 1 saturated carbocycles. The van der Waals surface area contributed by atoms with E-state index in [1.165, 1.54) is 6.07 Å². The van der Waals surface area contributed by atoms with Crippen molar-refractivity contribution in [2.75, 3.05) is 5.32 Å². The molecule has 0 aliphatic heterocycles. The van der Waals surface area contributed by atoms with Crippen LogP contribution >= 0.6 is 11.6 Å². The molecule has 4 nitrogen and oxygen atoms in total. The second-order valence-corrected chi connectivity index (χ2v) is 4.75. The molecule has 2 rings (SSSR count). The first-order chi connectivity index (χ1) is 7.56. The molecule has 0 heterocycles. The summed E-state index contributed by atoms with van der Waals surface area (Å²) in [6, 6.07) is 5.23. The topological polar surface area (TPSA) is 55.2 Å². The van der Waals surface area contributed by atoms with E-state index in [0.717, 1.165) is 24.4 Å². The third-order valence-electron chi connectivity index (χ3n) is 2.89. The number of anilines is 1. The van der Waals surface area contributed by atoms with E-state index in [1.807, 2.05) is 0 Å². The van der Waals surface area contributed by atoms with Gasteiger partial charge in [-0.05, 0) is 30.9 Å². The Kier molecular flexibility index (Phi) is 3.01. The zero-order chi connectivity index (χ0) is 11.7. The normalized spacial score (nSPS) is 23.6. The van der Waals surface area contributed by atoms with Crippen molar-refractivity contribution in [1.29, 1.82) is 0 Å². The number of nitrogens with zero attached hydrogens (tertiary/aromatic N) is 1. The standard InChI is InChI=1S/C11H13ClN2O2/c1-7-4-9(5-7)13-8-2-3-11(14(15)16)10(12)6-8/h2-3,6-7,9,13H,4-5H2,1H3. The van der Waals surface area contributed by atoms with Gasteiger partial charge in [-0.3, -0.25) is 10.1 Å². The maximum atomic E-state index is 10.6. The maximum Gasteiger partial charge on any atom is 0.288 e. The zero-order valence-electron chi connectivity index (χ0n) is 8.94. The first kappa shape index (κ1) is 11.2. The Hall–Kier alpha value is -1.29. The van der Waals surface area contributed by atoms with Crippen molar-refractivity contribution in [3.63, 3.8) is 0 Å². The maximum absolute atomic E-state index is 10.6. The highest BCUT2D eigenvalue weighted by Crippen LogP contribution is 2.32. The summed E-state index contributed by atoms with van der Waals surface area (Å²) in [6.45, 7) is 2.21. The molecule has 0 saturated heterocycles. The van der Waals surface area contributed by atoms with E-state index in [0.29, 0.717) is 6.04 Å². The molecule has 0 atom stereocenters. The highest BCUT2D eigenvalue weighted by Gasteiger charge is 2.25. The number of benzene rings is 1. The SMILES string of the molecule is CC1CC(Nc2ccc([N+](=O)[O-])c(Cl)c2)C1. The summed E-state index contributed by atoms with van der Waals surface area (Å²) >= 11 is 5.82. The summed E-state index contributed by atoms with van der Waals surface area (Å²) in [4.78, 5) is 10.1. The minimum atomic E-state index is -0.475. The third-order valence-corrected chi connectivity index (χ3v) is 3.19. The van der Waals surface area contributed by atoms with Crippen LogP contribution in [-0.2, 0) is 0 Å². The summed E-state index contributed by atoms with van der Waals surface area (Å²) in [6.07, 6.45) is 2.29. The van der Waals surface area contributed by atoms with Gasteiger partial charge in [-0.1, -0.05) is 18.5 Å². The minimum absolute atomic E-state index is 0.0470. The molecule has 0 amide bonds. The molecule has 86 valence electrons. The first-order valence-electron chi connectivity index (χ1n) is 5.26. The molecule has 1 N–H and O–H groups in total. The average molecular weight is 241 g/mol. The van der Waals surface area contributed by atoms with Gasteiger partial charge < -0.3 is 5.32 Å². The summed E-state index contributed by atoms with van der Waals surface area (Å²) in [5.41, 5.74) is 0.807. The van der Waals surface area contributed by atoms with Gasteiger partial charge in [0.15, 0.2) is 0 Å². The fourth-order valence-electron chi connectivity index (χ4n) is 2.00. The number of rotatable bonds is 3. The highest BCUT2D eigenvalue weighted by molar-refractivity contribution is 6.32. The Balaban J connectivity index is 2.06. The van der Waals surface area contributed by atoms with Crippen molar-refractivity contribution in [2.45, 2.75) is 25.8 Å². The van der Waals surface area contributed by atoms with Crippen molar-refractivity contribution in [3.05, 3.63) is 33.3 Å². The van der Waals surface area contributed by atoms with E-state index in [-0.39, 0.29) is 10.7 Å². The zero-order valence-corrected chi connectivity index (χ0v) is 9.70. The summed E-state index contributed by atoms with van der Waals surface area (Å²) in [5.74, 6) is 0.769. The molecule has 5 heteroatoms. The van der Waals surface area contributed by atoms with Crippen molar-refractivity contribution < 1.29 is 4.92 Å². The van der Waals surface area contributed by atoms with Crippen molar-refractivity contribution in [3.8, 4) is 0 Å². The van der Waals surface area contributed by atoms with Crippen LogP contribution in [0.1, 0.15) is 19.8 Å². The Morgan fingerprint density at radius 2 is 2.19 bits per heavy atom. The average Bonchev–Trinajstić information content (AvgIpc) is 2.15. The van der Waals surface area contributed by atoms with E-state index in [2.05, 4.69) is 12.2 Å². The Morgan fingerprint density at radius 3 is 2.69 bits per heavy atom. The van der Waals surface area contributed by atoms with Gasteiger partial charge in [0.05, 0.1) is 4.92 Å². The highest BCUT2D eigenvalue weighted by atomic mass is 35.5. The second kappa shape index (κ2) is 4.29. The molecule has 0 aromatic heterocycles. The number of hydrogen-bond donors (Lipinski definition) is 1. The molecule has 0 unspecified atom stereocenters. The Labute approximate surface area is 98.8 Å². The van der Waals surface area contributed by atoms with Crippen LogP contribution in [0.25, 0.3) is 0 Å². The second-order valence-electron chi connectivity index (χ2n) is 4.34. The van der Waals surface area contributed by atoms with E-state index >= 15 is 0 Å². The monoisotopic (exact) mass is 240 g/mol. The Morgan fingerprint density at radius 1 is 1.50 bits per heavy atom. The number of nitro groups is 1. The van der Waals surface area contributed by atoms with Crippen LogP contribution in [-0.4, -0.2) is 11.0 Å². The van der Waals surface area contributed by atoms with Gasteiger partial charge >= 0.3 is 0 Å². The lowest BCUT2D eigenvalue weighted by atomic mass is 9.82. The summed E-state index contributed by atoms with van der Waals surface area (Å²) < 4.78 is 0. The van der Waals surface area contributed by atoms with Crippen LogP contribution in [0.15, 0.2) is 18.2 Å². The van der Waals surface area contributed by atoms with Crippen LogP contribution in [0.5, 0.6) is 0 Å². The summed E-state index contributed by atoms with van der Waals surface area (Å²) in [7, 11) is 0. The van der Waals surface area contributed by atoms with E-state index < -0.39 is 4.92 Å². The molecule has 0 bridgehead atoms. The smallest absolute Gasteiger partial charge is 0.288 e. The molecule has 16 heavy (non-hydrogen) atoms. The molecular formula is C11H13ClN2O2. The summed E-state index contributed by atoms with van der Waals surface area (Å²) in [5, 5.41) is 14.1. The van der Waals surface area contributed by atoms with E-state index in [4.69, 9.17) is 11.6 Å². The third kappa shape index (κ3) is 2.27. The van der Waals surface area contributed by atoms with Gasteiger partial charge in [-0.2, -0.15) is 0 Å². The van der Waals surface area contributed by atoms with Crippen LogP contribution in [0.2, 0.25) is 5.02 Å². The number of hydrogen-bond acceptors (Lipinski definition) is 3. The van der Waals surface area contributed by atoms with Gasteiger partial charge in [-0.15, -0.1) is 0 Å². The van der Waals surface area contributed by atoms with Crippen molar-refractivity contribution in [2.24, 2.45) is 5.92 Å².